The van der Waals surface area contributed by atoms with Gasteiger partial charge in [0.2, 0.25) is 0 Å². The molecule has 110 valence electrons. The Bertz CT molecular complexity index is 494. The first-order valence-electron chi connectivity index (χ1n) is 6.95. The predicted octanol–water partition coefficient (Wildman–Crippen LogP) is 1.82. The average molecular weight is 280 g/mol. The molecule has 3 rings (SSSR count). The summed E-state index contributed by atoms with van der Waals surface area (Å²) >= 11 is 0. The molecule has 0 aromatic heterocycles. The highest BCUT2D eigenvalue weighted by molar-refractivity contribution is 5.90. The fourth-order valence-corrected chi connectivity index (χ4v) is 4.15. The van der Waals surface area contributed by atoms with Crippen molar-refractivity contribution in [2.75, 3.05) is 0 Å². The van der Waals surface area contributed by atoms with E-state index < -0.39 is 11.2 Å². The summed E-state index contributed by atoms with van der Waals surface area (Å²) in [6.07, 6.45) is 1.66. The Hall–Kier alpha value is -1.17. The Kier molecular flexibility index (Phi) is 2.87. The zero-order chi connectivity index (χ0) is 14.7. The van der Waals surface area contributed by atoms with Gasteiger partial charge in [-0.05, 0) is 31.8 Å². The third kappa shape index (κ3) is 1.63. The van der Waals surface area contributed by atoms with Crippen LogP contribution in [-0.4, -0.2) is 33.6 Å². The van der Waals surface area contributed by atoms with Gasteiger partial charge in [0.1, 0.15) is 11.7 Å². The highest BCUT2D eigenvalue weighted by atomic mass is 17.1. The topological polar surface area (TPSA) is 76.0 Å². The van der Waals surface area contributed by atoms with Gasteiger partial charge in [-0.1, -0.05) is 13.2 Å². The summed E-state index contributed by atoms with van der Waals surface area (Å²) in [6.45, 7) is 9.57. The van der Waals surface area contributed by atoms with Crippen LogP contribution < -0.4 is 0 Å². The lowest BCUT2D eigenvalue weighted by Gasteiger charge is -2.37. The summed E-state index contributed by atoms with van der Waals surface area (Å²) < 4.78 is 5.33. The van der Waals surface area contributed by atoms with Crippen LogP contribution in [-0.2, 0) is 14.4 Å². The number of esters is 1. The van der Waals surface area contributed by atoms with Gasteiger partial charge in [0.15, 0.2) is 0 Å². The van der Waals surface area contributed by atoms with Crippen LogP contribution in [0.2, 0.25) is 0 Å². The SMILES string of the molecule is C=C1C(=O)O[C@H]2CC(=C)[C@@]3(OO)CC[C@@](C)(O)[C@@H]3C[C@H]12. The van der Waals surface area contributed by atoms with Gasteiger partial charge in [-0.25, -0.2) is 9.68 Å². The Morgan fingerprint density at radius 2 is 2.10 bits per heavy atom. The largest absolute Gasteiger partial charge is 0.458 e. The van der Waals surface area contributed by atoms with Crippen LogP contribution in [0.1, 0.15) is 32.6 Å². The van der Waals surface area contributed by atoms with E-state index in [0.717, 1.165) is 0 Å². The minimum atomic E-state index is -0.966. The maximum Gasteiger partial charge on any atom is 0.334 e. The van der Waals surface area contributed by atoms with E-state index in [2.05, 4.69) is 13.2 Å². The van der Waals surface area contributed by atoms with E-state index in [1.54, 1.807) is 6.92 Å². The molecule has 1 saturated heterocycles. The molecule has 0 aromatic rings. The molecule has 2 aliphatic carbocycles. The first-order chi connectivity index (χ1) is 9.32. The number of rotatable bonds is 1. The van der Waals surface area contributed by atoms with E-state index >= 15 is 0 Å². The molecule has 0 amide bonds. The maximum atomic E-state index is 11.7. The molecular weight excluding hydrogens is 260 g/mol. The average Bonchev–Trinajstić information content (AvgIpc) is 2.74. The number of aliphatic hydroxyl groups is 1. The second-order valence-electron chi connectivity index (χ2n) is 6.51. The van der Waals surface area contributed by atoms with Crippen molar-refractivity contribution in [3.05, 3.63) is 24.3 Å². The highest BCUT2D eigenvalue weighted by Crippen LogP contribution is 2.56. The number of fused-ring (bicyclic) bond motifs is 2. The molecule has 20 heavy (non-hydrogen) atoms. The van der Waals surface area contributed by atoms with Gasteiger partial charge in [0, 0.05) is 23.8 Å². The number of hydrogen-bond donors (Lipinski definition) is 2. The van der Waals surface area contributed by atoms with Gasteiger partial charge >= 0.3 is 5.97 Å². The van der Waals surface area contributed by atoms with E-state index in [4.69, 9.17) is 9.62 Å². The number of carbonyl (C=O) groups is 1. The van der Waals surface area contributed by atoms with E-state index in [1.807, 2.05) is 0 Å². The third-order valence-corrected chi connectivity index (χ3v) is 5.43. The van der Waals surface area contributed by atoms with E-state index in [9.17, 15) is 15.2 Å². The van der Waals surface area contributed by atoms with Crippen LogP contribution in [0.25, 0.3) is 0 Å². The Labute approximate surface area is 117 Å². The minimum Gasteiger partial charge on any atom is -0.458 e. The second-order valence-corrected chi connectivity index (χ2v) is 6.51. The third-order valence-electron chi connectivity index (χ3n) is 5.43. The standard InChI is InChI=1S/C15H20O5/c1-8-6-11-10(9(2)13(16)19-11)7-12-14(3,17)4-5-15(8,12)20-18/h10-12,17-18H,1-2,4-7H2,3H3/t10-,11+,12+,14-,15+/m1/s1. The monoisotopic (exact) mass is 280 g/mol. The summed E-state index contributed by atoms with van der Waals surface area (Å²) in [5, 5.41) is 20.1. The molecule has 0 aromatic carbocycles. The molecular formula is C15H20O5. The van der Waals surface area contributed by atoms with Crippen molar-refractivity contribution in [1.29, 1.82) is 0 Å². The van der Waals surface area contributed by atoms with Crippen molar-refractivity contribution in [3.63, 3.8) is 0 Å². The highest BCUT2D eigenvalue weighted by Gasteiger charge is 2.61. The lowest BCUT2D eigenvalue weighted by atomic mass is 9.76. The Balaban J connectivity index is 2.03. The summed E-state index contributed by atoms with van der Waals surface area (Å²) in [5.74, 6) is -0.845. The molecule has 1 heterocycles. The molecule has 3 aliphatic rings. The lowest BCUT2D eigenvalue weighted by molar-refractivity contribution is -0.325. The Morgan fingerprint density at radius 1 is 1.40 bits per heavy atom. The van der Waals surface area contributed by atoms with Gasteiger partial charge in [-0.2, -0.15) is 0 Å². The Morgan fingerprint density at radius 3 is 2.75 bits per heavy atom. The fraction of sp³-hybridized carbons (Fsp3) is 0.667. The van der Waals surface area contributed by atoms with Crippen molar-refractivity contribution >= 4 is 5.97 Å². The summed E-state index contributed by atoms with van der Waals surface area (Å²) in [7, 11) is 0. The van der Waals surface area contributed by atoms with Crippen LogP contribution in [0.4, 0.5) is 0 Å². The molecule has 0 bridgehead atoms. The number of hydrogen-bond acceptors (Lipinski definition) is 5. The first kappa shape index (κ1) is 13.8. The summed E-state index contributed by atoms with van der Waals surface area (Å²) in [4.78, 5) is 16.5. The van der Waals surface area contributed by atoms with Crippen molar-refractivity contribution in [2.45, 2.75) is 49.9 Å². The van der Waals surface area contributed by atoms with Crippen LogP contribution in [0, 0.1) is 11.8 Å². The molecule has 5 heteroatoms. The van der Waals surface area contributed by atoms with E-state index in [1.165, 1.54) is 0 Å². The molecule has 3 fully saturated rings. The summed E-state index contributed by atoms with van der Waals surface area (Å²) in [6, 6.07) is 0. The van der Waals surface area contributed by atoms with Gasteiger partial charge in [-0.15, -0.1) is 0 Å². The molecule has 0 unspecified atom stereocenters. The van der Waals surface area contributed by atoms with E-state index in [-0.39, 0.29) is 23.9 Å². The molecule has 2 saturated carbocycles. The zero-order valence-corrected chi connectivity index (χ0v) is 11.6. The van der Waals surface area contributed by atoms with Gasteiger partial charge in [-0.3, -0.25) is 5.26 Å². The van der Waals surface area contributed by atoms with Crippen LogP contribution in [0.5, 0.6) is 0 Å². The van der Waals surface area contributed by atoms with Crippen molar-refractivity contribution < 1.29 is 24.8 Å². The van der Waals surface area contributed by atoms with Gasteiger partial charge < -0.3 is 9.84 Å². The summed E-state index contributed by atoms with van der Waals surface area (Å²) in [5.41, 5.74) is -0.787. The predicted molar refractivity (Wildman–Crippen MR) is 70.7 cm³/mol. The molecule has 5 nitrogen and oxygen atoms in total. The van der Waals surface area contributed by atoms with Gasteiger partial charge in [0.05, 0.1) is 5.60 Å². The van der Waals surface area contributed by atoms with Crippen molar-refractivity contribution in [3.8, 4) is 0 Å². The van der Waals surface area contributed by atoms with Crippen LogP contribution in [0.15, 0.2) is 24.3 Å². The molecule has 0 radical (unpaired) electrons. The number of carbonyl (C=O) groups excluding carboxylic acids is 1. The van der Waals surface area contributed by atoms with Crippen LogP contribution >= 0.6 is 0 Å². The van der Waals surface area contributed by atoms with E-state index in [0.29, 0.717) is 36.8 Å². The lowest BCUT2D eigenvalue weighted by Crippen LogP contribution is -2.45. The molecule has 0 spiro atoms. The van der Waals surface area contributed by atoms with Crippen molar-refractivity contribution in [1.82, 2.24) is 0 Å². The smallest absolute Gasteiger partial charge is 0.334 e. The number of ether oxygens (including phenoxy) is 1. The fourth-order valence-electron chi connectivity index (χ4n) is 4.15. The normalized spacial score (nSPS) is 47.8. The molecule has 2 N–H and O–H groups in total. The molecule has 1 aliphatic heterocycles. The molecule has 5 atom stereocenters. The van der Waals surface area contributed by atoms with Crippen molar-refractivity contribution in [2.24, 2.45) is 11.8 Å². The van der Waals surface area contributed by atoms with Gasteiger partial charge in [0.25, 0.3) is 0 Å². The first-order valence-corrected chi connectivity index (χ1v) is 6.95. The minimum absolute atomic E-state index is 0.147. The maximum absolute atomic E-state index is 11.7. The zero-order valence-electron chi connectivity index (χ0n) is 11.6. The van der Waals surface area contributed by atoms with Crippen LogP contribution in [0.3, 0.4) is 0 Å². The second kappa shape index (κ2) is 4.16. The quantitative estimate of drug-likeness (QED) is 0.252.